The van der Waals surface area contributed by atoms with E-state index in [1.807, 2.05) is 30.7 Å². The highest BCUT2D eigenvalue weighted by Gasteiger charge is 2.13. The monoisotopic (exact) mass is 409 g/mol. The average molecular weight is 410 g/mol. The first-order valence-corrected chi connectivity index (χ1v) is 9.86. The first kappa shape index (κ1) is 21.5. The largest absolute Gasteiger partial charge is 0.375 e. The second-order valence-electron chi connectivity index (χ2n) is 7.05. The van der Waals surface area contributed by atoms with Crippen LogP contribution in [0.15, 0.2) is 59.6 Å². The van der Waals surface area contributed by atoms with Crippen molar-refractivity contribution in [3.05, 3.63) is 82.9 Å². The second kappa shape index (κ2) is 10.0. The molecule has 0 aliphatic rings. The third-order valence-electron chi connectivity index (χ3n) is 4.88. The van der Waals surface area contributed by atoms with E-state index in [1.165, 1.54) is 12.1 Å². The van der Waals surface area contributed by atoms with Crippen LogP contribution in [0.2, 0.25) is 0 Å². The Morgan fingerprint density at radius 3 is 2.50 bits per heavy atom. The van der Waals surface area contributed by atoms with Crippen molar-refractivity contribution in [1.29, 1.82) is 0 Å². The van der Waals surface area contributed by atoms with Gasteiger partial charge in [0.15, 0.2) is 5.96 Å². The summed E-state index contributed by atoms with van der Waals surface area (Å²) in [5, 5.41) is 11.2. The zero-order chi connectivity index (χ0) is 21.5. The lowest BCUT2D eigenvalue weighted by molar-refractivity contribution is 0.106. The lowest BCUT2D eigenvalue weighted by Crippen LogP contribution is -2.39. The molecule has 0 saturated carbocycles. The standard InChI is InChI=1S/C23H28FN5O/c1-16-13-17(2)29(28-16)21-8-6-5-7-19(21)14-26-23(25-3)27-15-22(30-4)18-9-11-20(24)12-10-18/h5-13,22H,14-15H2,1-4H3,(H2,25,26,27). The van der Waals surface area contributed by atoms with Gasteiger partial charge in [-0.15, -0.1) is 0 Å². The minimum atomic E-state index is -0.264. The minimum absolute atomic E-state index is 0.217. The number of aliphatic imine (C=N–C) groups is 1. The predicted octanol–water partition coefficient (Wildman–Crippen LogP) is 3.68. The van der Waals surface area contributed by atoms with Crippen molar-refractivity contribution in [1.82, 2.24) is 20.4 Å². The molecule has 1 atom stereocenters. The molecule has 0 radical (unpaired) electrons. The van der Waals surface area contributed by atoms with Crippen molar-refractivity contribution in [2.45, 2.75) is 26.5 Å². The number of methoxy groups -OCH3 is 1. The quantitative estimate of drug-likeness (QED) is 0.462. The maximum Gasteiger partial charge on any atom is 0.191 e. The summed E-state index contributed by atoms with van der Waals surface area (Å²) in [6, 6.07) is 16.5. The molecule has 1 unspecified atom stereocenters. The topological polar surface area (TPSA) is 63.5 Å². The number of ether oxygens (including phenoxy) is 1. The fraction of sp³-hybridized carbons (Fsp3) is 0.304. The molecule has 1 aromatic heterocycles. The molecule has 3 rings (SSSR count). The minimum Gasteiger partial charge on any atom is -0.375 e. The molecular weight excluding hydrogens is 381 g/mol. The summed E-state index contributed by atoms with van der Waals surface area (Å²) >= 11 is 0. The molecule has 0 aliphatic carbocycles. The van der Waals surface area contributed by atoms with Crippen molar-refractivity contribution in [3.63, 3.8) is 0 Å². The smallest absolute Gasteiger partial charge is 0.191 e. The number of nitrogens with one attached hydrogen (secondary N) is 2. The van der Waals surface area contributed by atoms with Crippen molar-refractivity contribution in [3.8, 4) is 5.69 Å². The van der Waals surface area contributed by atoms with Gasteiger partial charge in [0.1, 0.15) is 5.82 Å². The zero-order valence-electron chi connectivity index (χ0n) is 17.8. The summed E-state index contributed by atoms with van der Waals surface area (Å²) < 4.78 is 20.7. The highest BCUT2D eigenvalue weighted by atomic mass is 19.1. The molecule has 0 fully saturated rings. The molecular formula is C23H28FN5O. The van der Waals surface area contributed by atoms with Gasteiger partial charge < -0.3 is 15.4 Å². The van der Waals surface area contributed by atoms with Crippen molar-refractivity contribution in [2.75, 3.05) is 20.7 Å². The Hall–Kier alpha value is -3.19. The van der Waals surface area contributed by atoms with Crippen LogP contribution in [0.3, 0.4) is 0 Å². The van der Waals surface area contributed by atoms with Gasteiger partial charge in [0.2, 0.25) is 0 Å². The number of hydrogen-bond donors (Lipinski definition) is 2. The van der Waals surface area contributed by atoms with Gasteiger partial charge in [0.05, 0.1) is 17.5 Å². The number of benzene rings is 2. The third-order valence-corrected chi connectivity index (χ3v) is 4.88. The summed E-state index contributed by atoms with van der Waals surface area (Å²) in [6.07, 6.45) is -0.217. The summed E-state index contributed by atoms with van der Waals surface area (Å²) in [4.78, 5) is 4.30. The summed E-state index contributed by atoms with van der Waals surface area (Å²) in [5.41, 5.74) is 5.11. The van der Waals surface area contributed by atoms with E-state index in [0.29, 0.717) is 19.0 Å². The molecule has 7 heteroatoms. The van der Waals surface area contributed by atoms with Gasteiger partial charge in [-0.2, -0.15) is 5.10 Å². The average Bonchev–Trinajstić information content (AvgIpc) is 3.09. The maximum absolute atomic E-state index is 13.2. The van der Waals surface area contributed by atoms with E-state index in [4.69, 9.17) is 4.74 Å². The highest BCUT2D eigenvalue weighted by Crippen LogP contribution is 2.18. The summed E-state index contributed by atoms with van der Waals surface area (Å²) in [7, 11) is 3.36. The predicted molar refractivity (Wildman–Crippen MR) is 117 cm³/mol. The molecule has 2 aromatic carbocycles. The highest BCUT2D eigenvalue weighted by molar-refractivity contribution is 5.79. The summed E-state index contributed by atoms with van der Waals surface area (Å²) in [5.74, 6) is 0.391. The van der Waals surface area contributed by atoms with Crippen LogP contribution in [0.25, 0.3) is 5.69 Å². The van der Waals surface area contributed by atoms with Crippen LogP contribution in [0.5, 0.6) is 0 Å². The van der Waals surface area contributed by atoms with Gasteiger partial charge in [-0.1, -0.05) is 30.3 Å². The molecule has 0 spiro atoms. The number of halogens is 1. The number of hydrogen-bond acceptors (Lipinski definition) is 3. The van der Waals surface area contributed by atoms with Crippen molar-refractivity contribution >= 4 is 5.96 Å². The number of rotatable bonds is 7. The van der Waals surface area contributed by atoms with Crippen LogP contribution < -0.4 is 10.6 Å². The van der Waals surface area contributed by atoms with Crippen LogP contribution in [0.4, 0.5) is 4.39 Å². The lowest BCUT2D eigenvalue weighted by atomic mass is 10.1. The fourth-order valence-corrected chi connectivity index (χ4v) is 3.34. The van der Waals surface area contributed by atoms with Crippen LogP contribution >= 0.6 is 0 Å². The number of aryl methyl sites for hydroxylation is 2. The first-order valence-electron chi connectivity index (χ1n) is 9.86. The Bertz CT molecular complexity index is 997. The van der Waals surface area contributed by atoms with Gasteiger partial charge in [0.25, 0.3) is 0 Å². The molecule has 30 heavy (non-hydrogen) atoms. The molecule has 3 aromatic rings. The number of aromatic nitrogens is 2. The van der Waals surface area contributed by atoms with Gasteiger partial charge in [-0.3, -0.25) is 4.99 Å². The van der Waals surface area contributed by atoms with E-state index >= 15 is 0 Å². The molecule has 0 bridgehead atoms. The van der Waals surface area contributed by atoms with Crippen LogP contribution in [-0.4, -0.2) is 36.4 Å². The van der Waals surface area contributed by atoms with Gasteiger partial charge in [0, 0.05) is 32.9 Å². The Labute approximate surface area is 176 Å². The van der Waals surface area contributed by atoms with E-state index < -0.39 is 0 Å². The maximum atomic E-state index is 13.2. The van der Waals surface area contributed by atoms with Crippen LogP contribution in [0.1, 0.15) is 28.6 Å². The Balaban J connectivity index is 1.65. The number of guanidine groups is 1. The number of para-hydroxylation sites is 1. The molecule has 158 valence electrons. The lowest BCUT2D eigenvalue weighted by Gasteiger charge is -2.19. The van der Waals surface area contributed by atoms with Gasteiger partial charge in [-0.25, -0.2) is 9.07 Å². The van der Waals surface area contributed by atoms with Crippen molar-refractivity contribution in [2.24, 2.45) is 4.99 Å². The molecule has 6 nitrogen and oxygen atoms in total. The molecule has 0 amide bonds. The summed E-state index contributed by atoms with van der Waals surface area (Å²) in [6.45, 7) is 5.12. The Kier molecular flexibility index (Phi) is 7.19. The van der Waals surface area contributed by atoms with Gasteiger partial charge in [-0.05, 0) is 49.2 Å². The second-order valence-corrected chi connectivity index (χ2v) is 7.05. The zero-order valence-corrected chi connectivity index (χ0v) is 17.8. The fourth-order valence-electron chi connectivity index (χ4n) is 3.34. The van der Waals surface area contributed by atoms with E-state index in [0.717, 1.165) is 28.2 Å². The number of nitrogens with zero attached hydrogens (tertiary/aromatic N) is 3. The van der Waals surface area contributed by atoms with Crippen molar-refractivity contribution < 1.29 is 9.13 Å². The Morgan fingerprint density at radius 2 is 1.87 bits per heavy atom. The SMILES string of the molecule is CN=C(NCc1ccccc1-n1nc(C)cc1C)NCC(OC)c1ccc(F)cc1. The van der Waals surface area contributed by atoms with E-state index in [9.17, 15) is 4.39 Å². The molecule has 1 heterocycles. The van der Waals surface area contributed by atoms with Gasteiger partial charge >= 0.3 is 0 Å². The Morgan fingerprint density at radius 1 is 1.13 bits per heavy atom. The van der Waals surface area contributed by atoms with E-state index in [-0.39, 0.29) is 11.9 Å². The third kappa shape index (κ3) is 5.24. The first-order chi connectivity index (χ1) is 14.5. The van der Waals surface area contributed by atoms with E-state index in [2.05, 4.69) is 38.9 Å². The molecule has 2 N–H and O–H groups in total. The molecule has 0 saturated heterocycles. The van der Waals surface area contributed by atoms with Crippen LogP contribution in [-0.2, 0) is 11.3 Å². The molecule has 0 aliphatic heterocycles. The van der Waals surface area contributed by atoms with Crippen LogP contribution in [0, 0.1) is 19.7 Å². The normalized spacial score (nSPS) is 12.6. The van der Waals surface area contributed by atoms with E-state index in [1.54, 1.807) is 26.3 Å².